The van der Waals surface area contributed by atoms with Crippen LogP contribution in [0.5, 0.6) is 5.75 Å². The van der Waals surface area contributed by atoms with Crippen molar-refractivity contribution in [2.45, 2.75) is 31.6 Å². The molecule has 1 saturated heterocycles. The molecule has 0 spiro atoms. The Morgan fingerprint density at radius 1 is 1.14 bits per heavy atom. The number of benzene rings is 2. The van der Waals surface area contributed by atoms with Crippen molar-refractivity contribution >= 4 is 34.5 Å². The number of hydrazone groups is 1. The molecule has 0 aromatic heterocycles. The highest BCUT2D eigenvalue weighted by atomic mass is 32.2. The van der Waals surface area contributed by atoms with E-state index in [-0.39, 0.29) is 35.9 Å². The highest BCUT2D eigenvalue weighted by Crippen LogP contribution is 2.35. The number of carbonyl (C=O) groups is 2. The second-order valence-corrected chi connectivity index (χ2v) is 9.42. The summed E-state index contributed by atoms with van der Waals surface area (Å²) in [6, 6.07) is 15.1. The van der Waals surface area contributed by atoms with Crippen LogP contribution in [0, 0.1) is 0 Å². The lowest BCUT2D eigenvalue weighted by molar-refractivity contribution is -0.113. The van der Waals surface area contributed by atoms with E-state index in [0.717, 1.165) is 17.3 Å². The smallest absolute Gasteiger partial charge is 0.338 e. The summed E-state index contributed by atoms with van der Waals surface area (Å²) < 4.78 is 10.2. The van der Waals surface area contributed by atoms with Crippen LogP contribution < -0.4 is 20.9 Å². The van der Waals surface area contributed by atoms with Gasteiger partial charge in [0.15, 0.2) is 5.17 Å². The molecule has 0 radical (unpaired) electrons. The normalized spacial score (nSPS) is 21.8. The van der Waals surface area contributed by atoms with E-state index >= 15 is 0 Å². The Morgan fingerprint density at radius 3 is 2.64 bits per heavy atom. The number of hydrogen-bond acceptors (Lipinski definition) is 10. The molecule has 3 aliphatic rings. The van der Waals surface area contributed by atoms with Gasteiger partial charge in [-0.2, -0.15) is 5.10 Å². The zero-order valence-corrected chi connectivity index (χ0v) is 20.8. The number of nitrogens with zero attached hydrogens (tertiary/aromatic N) is 3. The number of nitrogens with one attached hydrogen (secondary N) is 3. The van der Waals surface area contributed by atoms with Gasteiger partial charge in [0, 0.05) is 18.1 Å². The van der Waals surface area contributed by atoms with Crippen LogP contribution in [0.2, 0.25) is 0 Å². The molecule has 3 atom stereocenters. The Bertz CT molecular complexity index is 1170. The Kier molecular flexibility index (Phi) is 7.01. The van der Waals surface area contributed by atoms with E-state index in [0.29, 0.717) is 17.9 Å². The number of rotatable bonds is 7. The molecule has 188 valence electrons. The lowest BCUT2D eigenvalue weighted by atomic mass is 10.00. The van der Waals surface area contributed by atoms with Crippen LogP contribution in [0.15, 0.2) is 66.0 Å². The summed E-state index contributed by atoms with van der Waals surface area (Å²) in [5, 5.41) is 10.2. The fourth-order valence-electron chi connectivity index (χ4n) is 4.43. The van der Waals surface area contributed by atoms with Crippen molar-refractivity contribution in [3.63, 3.8) is 0 Å². The van der Waals surface area contributed by atoms with Crippen LogP contribution in [-0.2, 0) is 9.53 Å². The molecule has 36 heavy (non-hydrogen) atoms. The third kappa shape index (κ3) is 4.98. The lowest BCUT2D eigenvalue weighted by Crippen LogP contribution is -2.54. The summed E-state index contributed by atoms with van der Waals surface area (Å²) in [6.07, 6.45) is 4.87. The molecule has 11 heteroatoms. The van der Waals surface area contributed by atoms with Gasteiger partial charge < -0.3 is 24.7 Å². The molecule has 3 unspecified atom stereocenters. The van der Waals surface area contributed by atoms with Crippen molar-refractivity contribution in [1.82, 2.24) is 20.8 Å². The van der Waals surface area contributed by atoms with E-state index in [1.165, 1.54) is 17.3 Å². The maximum absolute atomic E-state index is 12.5. The highest BCUT2D eigenvalue weighted by molar-refractivity contribution is 8.14. The van der Waals surface area contributed by atoms with Crippen molar-refractivity contribution < 1.29 is 19.1 Å². The first-order chi connectivity index (χ1) is 17.6. The summed E-state index contributed by atoms with van der Waals surface area (Å²) in [6.45, 7) is 2.08. The van der Waals surface area contributed by atoms with Gasteiger partial charge >= 0.3 is 5.97 Å². The third-order valence-electron chi connectivity index (χ3n) is 6.24. The monoisotopic (exact) mass is 508 g/mol. The first-order valence-corrected chi connectivity index (χ1v) is 12.7. The topological polar surface area (TPSA) is 108 Å². The van der Waals surface area contributed by atoms with Gasteiger partial charge in [-0.25, -0.2) is 10.2 Å². The van der Waals surface area contributed by atoms with E-state index in [2.05, 4.69) is 43.3 Å². The summed E-state index contributed by atoms with van der Waals surface area (Å²) in [4.78, 5) is 26.4. The standard InChI is InChI=1S/C25H28N6O4S/c1-3-35-24(33)17-4-8-18(9-5-17)26-22(32)15-36-25-28-27-23-21-14-20(29-31(21)13-12-30(23)25)16-6-10-19(34-2)11-7-16/h4-13,20-21,23,27,29H,3,14-15H2,1-2H3,(H,26,32). The number of methoxy groups -OCH3 is 1. The summed E-state index contributed by atoms with van der Waals surface area (Å²) in [5.41, 5.74) is 9.06. The molecule has 1 fully saturated rings. The van der Waals surface area contributed by atoms with E-state index < -0.39 is 0 Å². The molecular weight excluding hydrogens is 480 g/mol. The molecule has 2 aromatic carbocycles. The van der Waals surface area contributed by atoms with E-state index in [9.17, 15) is 9.59 Å². The van der Waals surface area contributed by atoms with E-state index in [4.69, 9.17) is 9.47 Å². The van der Waals surface area contributed by atoms with Crippen molar-refractivity contribution in [3.05, 3.63) is 72.1 Å². The summed E-state index contributed by atoms with van der Waals surface area (Å²) in [7, 11) is 1.66. The number of thioether (sulfide) groups is 1. The van der Waals surface area contributed by atoms with Gasteiger partial charge in [-0.1, -0.05) is 23.9 Å². The molecular formula is C25H28N6O4S. The number of anilines is 1. The average molecular weight is 509 g/mol. The maximum atomic E-state index is 12.5. The number of hydrazine groups is 1. The number of hydrogen-bond donors (Lipinski definition) is 3. The zero-order chi connectivity index (χ0) is 25.1. The second kappa shape index (κ2) is 10.5. The molecule has 0 aliphatic carbocycles. The van der Waals surface area contributed by atoms with Crippen molar-refractivity contribution in [2.75, 3.05) is 24.8 Å². The van der Waals surface area contributed by atoms with Crippen LogP contribution in [-0.4, -0.2) is 58.6 Å². The van der Waals surface area contributed by atoms with Gasteiger partial charge in [0.25, 0.3) is 0 Å². The molecule has 0 saturated carbocycles. The molecule has 3 N–H and O–H groups in total. The third-order valence-corrected chi connectivity index (χ3v) is 7.20. The van der Waals surface area contributed by atoms with Gasteiger partial charge in [-0.3, -0.25) is 10.2 Å². The molecule has 2 aromatic rings. The SMILES string of the molecule is CCOC(=O)c1ccc(NC(=O)CSC2=NNC3C4CC(c5ccc(OC)cc5)NN4C=CN23)cc1. The largest absolute Gasteiger partial charge is 0.497 e. The maximum Gasteiger partial charge on any atom is 0.338 e. The molecule has 0 bridgehead atoms. The summed E-state index contributed by atoms with van der Waals surface area (Å²) >= 11 is 1.37. The van der Waals surface area contributed by atoms with Crippen LogP contribution in [0.25, 0.3) is 0 Å². The Labute approximate surface area is 213 Å². The molecule has 3 aliphatic heterocycles. The Morgan fingerprint density at radius 2 is 1.92 bits per heavy atom. The first-order valence-electron chi connectivity index (χ1n) is 11.7. The fraction of sp³-hybridized carbons (Fsp3) is 0.320. The van der Waals surface area contributed by atoms with Crippen molar-refractivity contribution in [3.8, 4) is 5.75 Å². The van der Waals surface area contributed by atoms with Gasteiger partial charge in [0.2, 0.25) is 5.91 Å². The minimum atomic E-state index is -0.381. The zero-order valence-electron chi connectivity index (χ0n) is 20.0. The average Bonchev–Trinajstić information content (AvgIpc) is 3.52. The predicted octanol–water partition coefficient (Wildman–Crippen LogP) is 2.85. The van der Waals surface area contributed by atoms with Crippen LogP contribution >= 0.6 is 11.8 Å². The van der Waals surface area contributed by atoms with Gasteiger partial charge in [0.05, 0.1) is 37.1 Å². The predicted molar refractivity (Wildman–Crippen MR) is 138 cm³/mol. The Hall–Kier alpha value is -3.70. The van der Waals surface area contributed by atoms with Crippen molar-refractivity contribution in [2.24, 2.45) is 5.10 Å². The number of carbonyl (C=O) groups excluding carboxylic acids is 2. The fourth-order valence-corrected chi connectivity index (χ4v) is 5.21. The molecule has 5 rings (SSSR count). The summed E-state index contributed by atoms with van der Waals surface area (Å²) in [5.74, 6) is 0.511. The molecule has 3 heterocycles. The van der Waals surface area contributed by atoms with Gasteiger partial charge in [0.1, 0.15) is 11.9 Å². The van der Waals surface area contributed by atoms with Gasteiger partial charge in [-0.15, -0.1) is 0 Å². The van der Waals surface area contributed by atoms with Crippen molar-refractivity contribution in [1.29, 1.82) is 0 Å². The minimum absolute atomic E-state index is 0.0215. The van der Waals surface area contributed by atoms with E-state index in [1.54, 1.807) is 38.3 Å². The number of esters is 1. The Balaban J connectivity index is 1.13. The molecule has 10 nitrogen and oxygen atoms in total. The number of ether oxygens (including phenoxy) is 2. The lowest BCUT2D eigenvalue weighted by Gasteiger charge is -2.36. The van der Waals surface area contributed by atoms with Crippen LogP contribution in [0.4, 0.5) is 5.69 Å². The number of amidine groups is 1. The van der Waals surface area contributed by atoms with E-state index in [1.807, 2.05) is 24.5 Å². The first kappa shape index (κ1) is 24.0. The number of amides is 1. The second-order valence-electron chi connectivity index (χ2n) is 8.47. The minimum Gasteiger partial charge on any atom is -0.497 e. The number of fused-ring (bicyclic) bond motifs is 3. The van der Waals surface area contributed by atoms with Crippen LogP contribution in [0.1, 0.15) is 35.3 Å². The van der Waals surface area contributed by atoms with Gasteiger partial charge in [-0.05, 0) is 55.3 Å². The quantitative estimate of drug-likeness (QED) is 0.487. The van der Waals surface area contributed by atoms with Crippen LogP contribution in [0.3, 0.4) is 0 Å². The highest BCUT2D eigenvalue weighted by Gasteiger charge is 2.44. The molecule has 1 amide bonds.